The molecule has 0 aliphatic heterocycles. The van der Waals surface area contributed by atoms with Crippen LogP contribution in [0.5, 0.6) is 0 Å². The summed E-state index contributed by atoms with van der Waals surface area (Å²) in [4.78, 5) is 4.91. The molecule has 0 saturated carbocycles. The van der Waals surface area contributed by atoms with E-state index in [1.165, 1.54) is 6.26 Å². The minimum atomic E-state index is -2.46. The molecule has 8 nitrogen and oxygen atoms in total. The maximum Gasteiger partial charge on any atom is 0.0999 e. The van der Waals surface area contributed by atoms with Gasteiger partial charge in [-0.15, -0.1) is 0 Å². The van der Waals surface area contributed by atoms with Crippen LogP contribution in [0.2, 0.25) is 0 Å². The second kappa shape index (κ2) is 8.99. The third-order valence-corrected chi connectivity index (χ3v) is 6.25. The van der Waals surface area contributed by atoms with Crippen molar-refractivity contribution in [1.29, 1.82) is 4.78 Å². The number of fused-ring (bicyclic) bond motifs is 1. The van der Waals surface area contributed by atoms with Crippen molar-refractivity contribution in [2.45, 2.75) is 52.6 Å². The van der Waals surface area contributed by atoms with Gasteiger partial charge in [-0.3, -0.25) is 13.7 Å². The van der Waals surface area contributed by atoms with E-state index >= 15 is 0 Å². The molecule has 2 unspecified atom stereocenters. The molecule has 0 aliphatic carbocycles. The van der Waals surface area contributed by atoms with Gasteiger partial charge in [0.15, 0.2) is 0 Å². The Morgan fingerprint density at radius 3 is 2.80 bits per heavy atom. The van der Waals surface area contributed by atoms with Gasteiger partial charge in [0, 0.05) is 51.8 Å². The first-order valence-electron chi connectivity index (χ1n) is 10.2. The van der Waals surface area contributed by atoms with Crippen LogP contribution >= 0.6 is 0 Å². The number of hydrogen-bond donors (Lipinski definition) is 2. The van der Waals surface area contributed by atoms with Crippen LogP contribution in [0.15, 0.2) is 37.1 Å². The molecule has 162 valence electrons. The fourth-order valence-corrected chi connectivity index (χ4v) is 3.85. The lowest BCUT2D eigenvalue weighted by Crippen LogP contribution is -2.23. The second-order valence-electron chi connectivity index (χ2n) is 7.99. The van der Waals surface area contributed by atoms with Crippen LogP contribution in [0.4, 0.5) is 0 Å². The van der Waals surface area contributed by atoms with Gasteiger partial charge < -0.3 is 5.32 Å². The van der Waals surface area contributed by atoms with Crippen LogP contribution in [0, 0.1) is 4.78 Å². The van der Waals surface area contributed by atoms with Gasteiger partial charge in [-0.2, -0.15) is 10.2 Å². The van der Waals surface area contributed by atoms with Crippen molar-refractivity contribution in [2.75, 3.05) is 12.0 Å². The average molecular weight is 430 g/mol. The molecule has 0 spiro atoms. The Bertz CT molecular complexity index is 1140. The van der Waals surface area contributed by atoms with Gasteiger partial charge in [0.2, 0.25) is 0 Å². The molecule has 9 heteroatoms. The summed E-state index contributed by atoms with van der Waals surface area (Å²) in [6, 6.07) is 2.40. The molecule has 2 N–H and O–H groups in total. The zero-order valence-electron chi connectivity index (χ0n) is 18.3. The summed E-state index contributed by atoms with van der Waals surface area (Å²) in [5.74, 6) is 0.385. The lowest BCUT2D eigenvalue weighted by atomic mass is 10.1. The first-order chi connectivity index (χ1) is 14.2. The SMILES string of the molecule is CC[C@@H](C)n1cc(-c2nc(/C(C)=C/NC(C)CCS(C)(=N)=O)cn3nccc23)cn1. The maximum atomic E-state index is 11.6. The number of allylic oxidation sites excluding steroid dienone is 1. The van der Waals surface area contributed by atoms with Crippen molar-refractivity contribution < 1.29 is 4.21 Å². The summed E-state index contributed by atoms with van der Waals surface area (Å²) >= 11 is 0. The van der Waals surface area contributed by atoms with Gasteiger partial charge in [-0.1, -0.05) is 6.92 Å². The van der Waals surface area contributed by atoms with Crippen LogP contribution in [-0.2, 0) is 9.73 Å². The van der Waals surface area contributed by atoms with Crippen LogP contribution in [0.1, 0.15) is 52.3 Å². The molecule has 0 fully saturated rings. The van der Waals surface area contributed by atoms with E-state index in [1.807, 2.05) is 53.9 Å². The van der Waals surface area contributed by atoms with Gasteiger partial charge in [0.1, 0.15) is 0 Å². The molecule has 0 radical (unpaired) electrons. The Kier molecular flexibility index (Phi) is 6.60. The average Bonchev–Trinajstić information content (AvgIpc) is 3.37. The molecule has 0 bridgehead atoms. The number of rotatable bonds is 9. The van der Waals surface area contributed by atoms with E-state index in [4.69, 9.17) is 9.76 Å². The molecule has 0 aromatic carbocycles. The fourth-order valence-electron chi connectivity index (χ4n) is 3.04. The van der Waals surface area contributed by atoms with E-state index in [0.717, 1.165) is 34.5 Å². The van der Waals surface area contributed by atoms with Crippen molar-refractivity contribution in [2.24, 2.45) is 0 Å². The predicted molar refractivity (Wildman–Crippen MR) is 122 cm³/mol. The van der Waals surface area contributed by atoms with Crippen molar-refractivity contribution in [3.8, 4) is 11.3 Å². The molecule has 0 saturated heterocycles. The Balaban J connectivity index is 1.87. The lowest BCUT2D eigenvalue weighted by molar-refractivity contribution is 0.478. The third kappa shape index (κ3) is 5.27. The van der Waals surface area contributed by atoms with Crippen LogP contribution in [-0.4, -0.2) is 46.6 Å². The first kappa shape index (κ1) is 22.0. The number of nitrogens with zero attached hydrogens (tertiary/aromatic N) is 5. The monoisotopic (exact) mass is 429 g/mol. The van der Waals surface area contributed by atoms with Crippen LogP contribution in [0.3, 0.4) is 0 Å². The van der Waals surface area contributed by atoms with Crippen molar-refractivity contribution in [3.05, 3.63) is 42.7 Å². The molecule has 30 heavy (non-hydrogen) atoms. The summed E-state index contributed by atoms with van der Waals surface area (Å²) in [6.07, 6.45) is 12.7. The molecule has 3 aromatic heterocycles. The van der Waals surface area contributed by atoms with Gasteiger partial charge in [0.25, 0.3) is 0 Å². The highest BCUT2D eigenvalue weighted by Gasteiger charge is 2.14. The summed E-state index contributed by atoms with van der Waals surface area (Å²) < 4.78 is 22.9. The first-order valence-corrected chi connectivity index (χ1v) is 12.3. The Morgan fingerprint density at radius 2 is 2.10 bits per heavy atom. The summed E-state index contributed by atoms with van der Waals surface area (Å²) in [6.45, 7) is 8.31. The minimum absolute atomic E-state index is 0.118. The lowest BCUT2D eigenvalue weighted by Gasteiger charge is -2.13. The predicted octanol–water partition coefficient (Wildman–Crippen LogP) is 3.97. The minimum Gasteiger partial charge on any atom is -0.388 e. The maximum absolute atomic E-state index is 11.6. The third-order valence-electron chi connectivity index (χ3n) is 5.24. The van der Waals surface area contributed by atoms with Crippen molar-refractivity contribution in [1.82, 2.24) is 29.7 Å². The largest absolute Gasteiger partial charge is 0.388 e. The number of nitrogens with one attached hydrogen (secondary N) is 2. The number of aromatic nitrogens is 5. The molecule has 3 rings (SSSR count). The summed E-state index contributed by atoms with van der Waals surface area (Å²) in [5, 5.41) is 12.2. The van der Waals surface area contributed by atoms with Gasteiger partial charge in [-0.05, 0) is 45.3 Å². The van der Waals surface area contributed by atoms with E-state index in [0.29, 0.717) is 18.2 Å². The standard InChI is InChI=1S/C21H31N7OS/c1-6-17(4)27-13-18(12-25-27)21-20-7-9-24-28(20)14-19(26-21)15(2)11-23-16(3)8-10-30(5,22)29/h7,9,11-14,16-17,22-23H,6,8,10H2,1-5H3/b15-11+/t16?,17-,30?/m1/s1. The van der Waals surface area contributed by atoms with E-state index in [2.05, 4.69) is 29.4 Å². The number of hydrogen-bond acceptors (Lipinski definition) is 6. The Hall–Kier alpha value is -2.68. The molecular weight excluding hydrogens is 398 g/mol. The Morgan fingerprint density at radius 1 is 1.33 bits per heavy atom. The van der Waals surface area contributed by atoms with Gasteiger partial charge >= 0.3 is 0 Å². The fraction of sp³-hybridized carbons (Fsp3) is 0.476. The van der Waals surface area contributed by atoms with Crippen LogP contribution < -0.4 is 5.32 Å². The Labute approximate surface area is 178 Å². The topological polar surface area (TPSA) is 101 Å². The molecule has 3 atom stereocenters. The van der Waals surface area contributed by atoms with Crippen LogP contribution in [0.25, 0.3) is 22.3 Å². The van der Waals surface area contributed by atoms with Gasteiger partial charge in [-0.25, -0.2) is 9.50 Å². The molecular formula is C21H31N7OS. The summed E-state index contributed by atoms with van der Waals surface area (Å²) in [7, 11) is -2.46. The normalized spacial score (nSPS) is 16.4. The van der Waals surface area contributed by atoms with Crippen molar-refractivity contribution >= 4 is 20.8 Å². The molecule has 3 aromatic rings. The quantitative estimate of drug-likeness (QED) is 0.536. The zero-order valence-corrected chi connectivity index (χ0v) is 19.1. The van der Waals surface area contributed by atoms with E-state index in [1.54, 1.807) is 6.20 Å². The van der Waals surface area contributed by atoms with E-state index < -0.39 is 9.73 Å². The summed E-state index contributed by atoms with van der Waals surface area (Å²) in [5.41, 5.74) is 4.53. The van der Waals surface area contributed by atoms with E-state index in [-0.39, 0.29) is 6.04 Å². The van der Waals surface area contributed by atoms with E-state index in [9.17, 15) is 4.21 Å². The smallest absolute Gasteiger partial charge is 0.0999 e. The highest BCUT2D eigenvalue weighted by molar-refractivity contribution is 7.91. The molecule has 0 aliphatic rings. The highest BCUT2D eigenvalue weighted by Crippen LogP contribution is 2.25. The molecule has 0 amide bonds. The van der Waals surface area contributed by atoms with Gasteiger partial charge in [0.05, 0.1) is 35.5 Å². The van der Waals surface area contributed by atoms with Crippen molar-refractivity contribution in [3.63, 3.8) is 0 Å². The second-order valence-corrected chi connectivity index (χ2v) is 10.4. The molecule has 3 heterocycles. The highest BCUT2D eigenvalue weighted by atomic mass is 32.2. The zero-order chi connectivity index (χ0) is 21.9.